The number of nitrogens with zero attached hydrogens (tertiary/aromatic N) is 1. The van der Waals surface area contributed by atoms with Crippen molar-refractivity contribution in [1.82, 2.24) is 10.2 Å². The predicted octanol–water partition coefficient (Wildman–Crippen LogP) is -0.666. The van der Waals surface area contributed by atoms with Crippen molar-refractivity contribution in [2.45, 2.75) is 64.1 Å². The van der Waals surface area contributed by atoms with Gasteiger partial charge in [0.1, 0.15) is 17.9 Å². The second-order valence-corrected chi connectivity index (χ2v) is 7.18. The highest BCUT2D eigenvalue weighted by atomic mass is 16.3. The van der Waals surface area contributed by atoms with E-state index < -0.39 is 41.8 Å². The molecule has 3 amide bonds. The number of rotatable bonds is 5. The standard InChI is InChI=1S/C17H27N3O5/c1-9-5-6-11(22)8-12(9)16(24)19-14(10(2)21)17(25)20-7-3-4-13(20)15(18)23/h9-10,12-14,21H,3-8H2,1-2H3,(H2,18,23)(H,19,24)/t9?,10?,12?,13-,14-/m0/s1. The van der Waals surface area contributed by atoms with Crippen molar-refractivity contribution in [3.8, 4) is 0 Å². The molecule has 0 aromatic heterocycles. The predicted molar refractivity (Wildman–Crippen MR) is 89.1 cm³/mol. The van der Waals surface area contributed by atoms with E-state index in [1.165, 1.54) is 11.8 Å². The van der Waals surface area contributed by atoms with Crippen molar-refractivity contribution in [3.63, 3.8) is 0 Å². The Kier molecular flexibility index (Phi) is 6.16. The number of amides is 3. The van der Waals surface area contributed by atoms with Crippen LogP contribution < -0.4 is 11.1 Å². The minimum atomic E-state index is -1.16. The zero-order valence-corrected chi connectivity index (χ0v) is 14.7. The molecule has 25 heavy (non-hydrogen) atoms. The maximum absolute atomic E-state index is 12.7. The Morgan fingerprint density at radius 3 is 2.60 bits per heavy atom. The van der Waals surface area contributed by atoms with Crippen LogP contribution in [0.2, 0.25) is 0 Å². The minimum Gasteiger partial charge on any atom is -0.391 e. The SMILES string of the molecule is CC1CCC(=O)CC1C(=O)N[C@H](C(=O)N1CCC[C@H]1C(N)=O)C(C)O. The number of nitrogens with two attached hydrogens (primary N) is 1. The van der Waals surface area contributed by atoms with Gasteiger partial charge in [0.2, 0.25) is 17.7 Å². The van der Waals surface area contributed by atoms with Gasteiger partial charge >= 0.3 is 0 Å². The summed E-state index contributed by atoms with van der Waals surface area (Å²) >= 11 is 0. The van der Waals surface area contributed by atoms with Crippen molar-refractivity contribution in [1.29, 1.82) is 0 Å². The highest BCUT2D eigenvalue weighted by Gasteiger charge is 2.40. The van der Waals surface area contributed by atoms with Gasteiger partial charge in [0.15, 0.2) is 0 Å². The van der Waals surface area contributed by atoms with Gasteiger partial charge in [-0.25, -0.2) is 0 Å². The Bertz CT molecular complexity index is 562. The summed E-state index contributed by atoms with van der Waals surface area (Å²) in [6.07, 6.45) is 1.27. The fourth-order valence-electron chi connectivity index (χ4n) is 3.64. The molecule has 3 unspecified atom stereocenters. The lowest BCUT2D eigenvalue weighted by atomic mass is 9.79. The molecule has 8 heteroatoms. The molecule has 0 aromatic carbocycles. The van der Waals surface area contributed by atoms with Crippen LogP contribution in [0.4, 0.5) is 0 Å². The number of nitrogens with one attached hydrogen (secondary N) is 1. The van der Waals surface area contributed by atoms with Crippen LogP contribution >= 0.6 is 0 Å². The third kappa shape index (κ3) is 4.36. The number of carbonyl (C=O) groups is 4. The van der Waals surface area contributed by atoms with Gasteiger partial charge < -0.3 is 21.1 Å². The zero-order chi connectivity index (χ0) is 18.7. The van der Waals surface area contributed by atoms with Crippen LogP contribution in [0, 0.1) is 11.8 Å². The van der Waals surface area contributed by atoms with E-state index in [-0.39, 0.29) is 18.1 Å². The lowest BCUT2D eigenvalue weighted by Crippen LogP contribution is -2.57. The van der Waals surface area contributed by atoms with Crippen molar-refractivity contribution < 1.29 is 24.3 Å². The summed E-state index contributed by atoms with van der Waals surface area (Å²) in [5.41, 5.74) is 5.33. The third-order valence-electron chi connectivity index (χ3n) is 5.26. The fourth-order valence-corrected chi connectivity index (χ4v) is 3.64. The van der Waals surface area contributed by atoms with Gasteiger partial charge in [-0.2, -0.15) is 0 Å². The summed E-state index contributed by atoms with van der Waals surface area (Å²) in [5.74, 6) is -1.94. The molecule has 1 aliphatic carbocycles. The van der Waals surface area contributed by atoms with Crippen LogP contribution in [-0.4, -0.2) is 58.2 Å². The van der Waals surface area contributed by atoms with E-state index in [4.69, 9.17) is 5.73 Å². The molecule has 2 rings (SSSR count). The molecule has 0 aromatic rings. The first kappa shape index (κ1) is 19.4. The summed E-state index contributed by atoms with van der Waals surface area (Å²) in [7, 11) is 0. The molecule has 1 aliphatic heterocycles. The van der Waals surface area contributed by atoms with Crippen molar-refractivity contribution in [2.24, 2.45) is 17.6 Å². The Morgan fingerprint density at radius 1 is 1.32 bits per heavy atom. The van der Waals surface area contributed by atoms with Crippen LogP contribution in [-0.2, 0) is 19.2 Å². The quantitative estimate of drug-likeness (QED) is 0.604. The van der Waals surface area contributed by atoms with Gasteiger partial charge in [-0.1, -0.05) is 6.92 Å². The molecule has 1 heterocycles. The Morgan fingerprint density at radius 2 is 2.00 bits per heavy atom. The molecule has 0 radical (unpaired) electrons. The van der Waals surface area contributed by atoms with Gasteiger partial charge in [-0.15, -0.1) is 0 Å². The molecule has 140 valence electrons. The molecule has 1 saturated heterocycles. The van der Waals surface area contributed by atoms with Crippen LogP contribution in [0.3, 0.4) is 0 Å². The van der Waals surface area contributed by atoms with Gasteiger partial charge in [0.05, 0.1) is 6.10 Å². The van der Waals surface area contributed by atoms with E-state index >= 15 is 0 Å². The lowest BCUT2D eigenvalue weighted by molar-refractivity contribution is -0.144. The van der Waals surface area contributed by atoms with E-state index in [1.807, 2.05) is 6.92 Å². The van der Waals surface area contributed by atoms with Crippen LogP contribution in [0.1, 0.15) is 46.0 Å². The molecule has 4 N–H and O–H groups in total. The molecule has 0 spiro atoms. The zero-order valence-electron chi connectivity index (χ0n) is 14.7. The van der Waals surface area contributed by atoms with Crippen molar-refractivity contribution >= 4 is 23.5 Å². The number of likely N-dealkylation sites (tertiary alicyclic amines) is 1. The fraction of sp³-hybridized carbons (Fsp3) is 0.765. The second kappa shape index (κ2) is 7.95. The smallest absolute Gasteiger partial charge is 0.248 e. The Labute approximate surface area is 147 Å². The highest BCUT2D eigenvalue weighted by molar-refractivity contribution is 5.94. The number of aliphatic hydroxyl groups excluding tert-OH is 1. The van der Waals surface area contributed by atoms with Crippen LogP contribution in [0.25, 0.3) is 0 Å². The number of ketones is 1. The van der Waals surface area contributed by atoms with Crippen molar-refractivity contribution in [2.75, 3.05) is 6.54 Å². The number of aliphatic hydroxyl groups is 1. The second-order valence-electron chi connectivity index (χ2n) is 7.18. The number of hydrogen-bond acceptors (Lipinski definition) is 5. The summed E-state index contributed by atoms with van der Waals surface area (Å²) in [4.78, 5) is 49.8. The third-order valence-corrected chi connectivity index (χ3v) is 5.26. The molecule has 0 bridgehead atoms. The minimum absolute atomic E-state index is 0.0338. The number of Topliss-reactive ketones (excluding diaryl/α,β-unsaturated/α-hetero) is 1. The molecule has 1 saturated carbocycles. The molecule has 8 nitrogen and oxygen atoms in total. The Hall–Kier alpha value is -1.96. The first-order chi connectivity index (χ1) is 11.7. The van der Waals surface area contributed by atoms with E-state index in [0.29, 0.717) is 32.2 Å². The lowest BCUT2D eigenvalue weighted by Gasteiger charge is -2.32. The molecule has 2 aliphatic rings. The average Bonchev–Trinajstić information content (AvgIpc) is 3.03. The average molecular weight is 353 g/mol. The molecular formula is C17H27N3O5. The van der Waals surface area contributed by atoms with E-state index in [2.05, 4.69) is 5.32 Å². The number of hydrogen-bond donors (Lipinski definition) is 3. The Balaban J connectivity index is 2.09. The van der Waals surface area contributed by atoms with Gasteiger partial charge in [-0.3, -0.25) is 19.2 Å². The first-order valence-electron chi connectivity index (χ1n) is 8.82. The maximum Gasteiger partial charge on any atom is 0.248 e. The summed E-state index contributed by atoms with van der Waals surface area (Å²) in [6.45, 7) is 3.68. The molecular weight excluding hydrogens is 326 g/mol. The largest absolute Gasteiger partial charge is 0.391 e. The number of carbonyl (C=O) groups excluding carboxylic acids is 4. The van der Waals surface area contributed by atoms with E-state index in [0.717, 1.165) is 0 Å². The van der Waals surface area contributed by atoms with Gasteiger partial charge in [0, 0.05) is 25.3 Å². The summed E-state index contributed by atoms with van der Waals surface area (Å²) in [5, 5.41) is 12.6. The van der Waals surface area contributed by atoms with Gasteiger partial charge in [-0.05, 0) is 32.1 Å². The van der Waals surface area contributed by atoms with Crippen LogP contribution in [0.5, 0.6) is 0 Å². The summed E-state index contributed by atoms with van der Waals surface area (Å²) in [6, 6.07) is -1.86. The van der Waals surface area contributed by atoms with Gasteiger partial charge in [0.25, 0.3) is 0 Å². The topological polar surface area (TPSA) is 130 Å². The molecule has 2 fully saturated rings. The summed E-state index contributed by atoms with van der Waals surface area (Å²) < 4.78 is 0. The van der Waals surface area contributed by atoms with E-state index in [1.54, 1.807) is 0 Å². The normalized spacial score (nSPS) is 29.2. The molecule has 5 atom stereocenters. The monoisotopic (exact) mass is 353 g/mol. The van der Waals surface area contributed by atoms with E-state index in [9.17, 15) is 24.3 Å². The number of primary amides is 1. The first-order valence-corrected chi connectivity index (χ1v) is 8.82. The maximum atomic E-state index is 12.7. The van der Waals surface area contributed by atoms with Crippen molar-refractivity contribution in [3.05, 3.63) is 0 Å². The van der Waals surface area contributed by atoms with Crippen LogP contribution in [0.15, 0.2) is 0 Å². The highest BCUT2D eigenvalue weighted by Crippen LogP contribution is 2.28.